The van der Waals surface area contributed by atoms with Crippen molar-refractivity contribution in [3.8, 4) is 17.5 Å². The number of imidazole rings is 2. The molecule has 3 heterocycles. The summed E-state index contributed by atoms with van der Waals surface area (Å²) in [6, 6.07) is 11.9. The van der Waals surface area contributed by atoms with Crippen molar-refractivity contribution >= 4 is 17.2 Å². The van der Waals surface area contributed by atoms with Gasteiger partial charge in [0.25, 0.3) is 5.91 Å². The van der Waals surface area contributed by atoms with E-state index in [4.69, 9.17) is 0 Å². The smallest absolute Gasteiger partial charge is 0.322 e. The molecule has 7 nitrogen and oxygen atoms in total. The van der Waals surface area contributed by atoms with E-state index < -0.39 is 17.6 Å². The lowest BCUT2D eigenvalue weighted by atomic mass is 10.0. The molecule has 0 aliphatic heterocycles. The van der Waals surface area contributed by atoms with Gasteiger partial charge in [0.15, 0.2) is 5.65 Å². The third-order valence-corrected chi connectivity index (χ3v) is 5.71. The summed E-state index contributed by atoms with van der Waals surface area (Å²) < 4.78 is 43.9. The van der Waals surface area contributed by atoms with Gasteiger partial charge < -0.3 is 9.88 Å². The molecule has 1 amide bonds. The van der Waals surface area contributed by atoms with Crippen LogP contribution in [0.25, 0.3) is 11.3 Å². The number of nitrogens with one attached hydrogen (secondary N) is 1. The molecular formula is C27H19F3N6O. The van der Waals surface area contributed by atoms with Crippen LogP contribution in [0.1, 0.15) is 38.6 Å². The fourth-order valence-corrected chi connectivity index (χ4v) is 3.78. The van der Waals surface area contributed by atoms with Crippen molar-refractivity contribution < 1.29 is 18.0 Å². The molecule has 5 rings (SSSR count). The Morgan fingerprint density at radius 1 is 1.00 bits per heavy atom. The van der Waals surface area contributed by atoms with Crippen LogP contribution < -0.4 is 5.32 Å². The maximum absolute atomic E-state index is 13.6. The number of aryl methyl sites for hydroxylation is 2. The highest BCUT2D eigenvalue weighted by atomic mass is 19.4. The van der Waals surface area contributed by atoms with Crippen LogP contribution in [0.2, 0.25) is 0 Å². The van der Waals surface area contributed by atoms with Crippen LogP contribution in [0.5, 0.6) is 0 Å². The Bertz CT molecular complexity index is 1700. The summed E-state index contributed by atoms with van der Waals surface area (Å²) in [4.78, 5) is 21.3. The molecule has 0 saturated heterocycles. The van der Waals surface area contributed by atoms with Crippen molar-refractivity contribution in [2.75, 3.05) is 5.32 Å². The minimum Gasteiger partial charge on any atom is -0.322 e. The molecule has 1 N–H and O–H groups in total. The molecule has 2 aromatic carbocycles. The van der Waals surface area contributed by atoms with Gasteiger partial charge in [-0.25, -0.2) is 14.5 Å². The number of carbonyl (C=O) groups is 1. The number of nitrogens with zero attached hydrogens (tertiary/aromatic N) is 5. The van der Waals surface area contributed by atoms with Gasteiger partial charge >= 0.3 is 6.18 Å². The fourth-order valence-electron chi connectivity index (χ4n) is 3.78. The summed E-state index contributed by atoms with van der Waals surface area (Å²) in [5.41, 5.74) is 2.28. The highest BCUT2D eigenvalue weighted by Gasteiger charge is 2.31. The molecule has 0 aliphatic carbocycles. The summed E-state index contributed by atoms with van der Waals surface area (Å²) in [5, 5.41) is 6.81. The zero-order chi connectivity index (χ0) is 26.2. The number of carbonyl (C=O) groups excluding carboxylic acids is 1. The van der Waals surface area contributed by atoms with Crippen LogP contribution in [0.4, 0.5) is 18.9 Å². The van der Waals surface area contributed by atoms with E-state index in [-0.39, 0.29) is 16.9 Å². The summed E-state index contributed by atoms with van der Waals surface area (Å²) >= 11 is 0. The van der Waals surface area contributed by atoms with Gasteiger partial charge in [-0.3, -0.25) is 4.79 Å². The van der Waals surface area contributed by atoms with E-state index in [1.807, 2.05) is 13.0 Å². The second kappa shape index (κ2) is 9.28. The Kier molecular flexibility index (Phi) is 5.97. The first-order chi connectivity index (χ1) is 17.7. The number of fused-ring (bicyclic) bond motifs is 1. The number of rotatable bonds is 3. The van der Waals surface area contributed by atoms with Gasteiger partial charge in [0.1, 0.15) is 11.5 Å². The second-order valence-corrected chi connectivity index (χ2v) is 8.28. The molecule has 3 aromatic heterocycles. The summed E-state index contributed by atoms with van der Waals surface area (Å²) in [7, 11) is 0. The van der Waals surface area contributed by atoms with Crippen molar-refractivity contribution in [1.29, 1.82) is 0 Å². The van der Waals surface area contributed by atoms with Gasteiger partial charge in [-0.15, -0.1) is 0 Å². The second-order valence-electron chi connectivity index (χ2n) is 8.28. The number of amides is 1. The van der Waals surface area contributed by atoms with Gasteiger partial charge in [0.2, 0.25) is 0 Å². The molecule has 0 radical (unpaired) electrons. The molecule has 5 aromatic rings. The Balaban J connectivity index is 1.45. The molecular weight excluding hydrogens is 481 g/mol. The van der Waals surface area contributed by atoms with Crippen LogP contribution in [-0.4, -0.2) is 30.1 Å². The molecule has 0 unspecified atom stereocenters. The molecule has 184 valence electrons. The summed E-state index contributed by atoms with van der Waals surface area (Å²) in [5.74, 6) is 6.01. The molecule has 0 aliphatic rings. The minimum absolute atomic E-state index is 0.00735. The lowest BCUT2D eigenvalue weighted by molar-refractivity contribution is -0.137. The quantitative estimate of drug-likeness (QED) is 0.346. The highest BCUT2D eigenvalue weighted by Crippen LogP contribution is 2.33. The molecule has 0 fully saturated rings. The molecule has 10 heteroatoms. The molecule has 37 heavy (non-hydrogen) atoms. The number of benzene rings is 2. The number of hydrogen-bond donors (Lipinski definition) is 1. The largest absolute Gasteiger partial charge is 0.416 e. The van der Waals surface area contributed by atoms with Crippen LogP contribution in [-0.2, 0) is 6.18 Å². The number of aromatic nitrogens is 5. The maximum Gasteiger partial charge on any atom is 0.416 e. The Hall–Kier alpha value is -4.91. The molecule has 0 saturated carbocycles. The van der Waals surface area contributed by atoms with Crippen LogP contribution in [0.3, 0.4) is 0 Å². The van der Waals surface area contributed by atoms with Crippen LogP contribution >= 0.6 is 0 Å². The van der Waals surface area contributed by atoms with E-state index in [0.29, 0.717) is 22.7 Å². The van der Waals surface area contributed by atoms with Crippen molar-refractivity contribution in [2.24, 2.45) is 0 Å². The van der Waals surface area contributed by atoms with E-state index in [9.17, 15) is 18.0 Å². The van der Waals surface area contributed by atoms with Crippen molar-refractivity contribution in [3.05, 3.63) is 107 Å². The average molecular weight is 500 g/mol. The van der Waals surface area contributed by atoms with Crippen LogP contribution in [0.15, 0.2) is 73.3 Å². The number of alkyl halides is 3. The number of hydrogen-bond acceptors (Lipinski definition) is 4. The lowest BCUT2D eigenvalue weighted by Crippen LogP contribution is -2.14. The molecule has 0 bridgehead atoms. The first-order valence-corrected chi connectivity index (χ1v) is 11.1. The number of anilines is 1. The third-order valence-electron chi connectivity index (χ3n) is 5.71. The van der Waals surface area contributed by atoms with E-state index in [2.05, 4.69) is 32.2 Å². The predicted octanol–water partition coefficient (Wildman–Crippen LogP) is 5.20. The fraction of sp³-hybridized carbons (Fsp3) is 0.111. The van der Waals surface area contributed by atoms with E-state index in [1.165, 1.54) is 16.8 Å². The predicted molar refractivity (Wildman–Crippen MR) is 131 cm³/mol. The zero-order valence-electron chi connectivity index (χ0n) is 19.7. The van der Waals surface area contributed by atoms with Crippen molar-refractivity contribution in [1.82, 2.24) is 24.1 Å². The van der Waals surface area contributed by atoms with Gasteiger partial charge in [-0.05, 0) is 67.8 Å². The third kappa shape index (κ3) is 4.92. The van der Waals surface area contributed by atoms with Crippen molar-refractivity contribution in [3.63, 3.8) is 0 Å². The Labute approximate surface area is 209 Å². The topological polar surface area (TPSA) is 77.1 Å². The van der Waals surface area contributed by atoms with Gasteiger partial charge in [-0.2, -0.15) is 18.3 Å². The number of halogens is 3. The standard InChI is InChI=1S/C27H19F3N6O/c1-17-5-6-20(12-19(17)7-8-23-16-32-25-4-3-9-33-36(23)25)26(37)34-22-13-21(27(28,29)30)14-24(15-22)35-11-10-31-18(35)2/h3-6,9-16H,1-2H3,(H,34,37). The van der Waals surface area contributed by atoms with Gasteiger partial charge in [0, 0.05) is 41.1 Å². The van der Waals surface area contributed by atoms with Crippen LogP contribution in [0, 0.1) is 25.7 Å². The first-order valence-electron chi connectivity index (χ1n) is 11.1. The zero-order valence-corrected chi connectivity index (χ0v) is 19.7. The van der Waals surface area contributed by atoms with E-state index in [0.717, 1.165) is 17.7 Å². The van der Waals surface area contributed by atoms with Crippen molar-refractivity contribution in [2.45, 2.75) is 20.0 Å². The molecule has 0 spiro atoms. The Morgan fingerprint density at radius 2 is 1.84 bits per heavy atom. The normalized spacial score (nSPS) is 11.3. The highest BCUT2D eigenvalue weighted by molar-refractivity contribution is 6.04. The molecule has 0 atom stereocenters. The average Bonchev–Trinajstić information content (AvgIpc) is 3.48. The summed E-state index contributed by atoms with van der Waals surface area (Å²) in [6.45, 7) is 3.53. The van der Waals surface area contributed by atoms with E-state index in [1.54, 1.807) is 54.3 Å². The monoisotopic (exact) mass is 500 g/mol. The lowest BCUT2D eigenvalue weighted by Gasteiger charge is -2.14. The summed E-state index contributed by atoms with van der Waals surface area (Å²) in [6.07, 6.45) is 1.69. The van der Waals surface area contributed by atoms with E-state index >= 15 is 0 Å². The van der Waals surface area contributed by atoms with Gasteiger partial charge in [-0.1, -0.05) is 12.0 Å². The minimum atomic E-state index is -4.59. The maximum atomic E-state index is 13.6. The van der Waals surface area contributed by atoms with Gasteiger partial charge in [0.05, 0.1) is 11.8 Å². The Morgan fingerprint density at radius 3 is 2.59 bits per heavy atom. The first kappa shape index (κ1) is 23.8. The SMILES string of the molecule is Cc1ccc(C(=O)Nc2cc(-n3ccnc3C)cc(C(F)(F)F)c2)cc1C#Cc1cnc2cccnn12.